The van der Waals surface area contributed by atoms with Crippen LogP contribution >= 0.6 is 0 Å². The number of amides is 1. The highest BCUT2D eigenvalue weighted by Gasteiger charge is 2.35. The largest absolute Gasteiger partial charge is 0.326 e. The van der Waals surface area contributed by atoms with Gasteiger partial charge in [-0.15, -0.1) is 0 Å². The number of nitrogens with one attached hydrogen (secondary N) is 1. The van der Waals surface area contributed by atoms with Gasteiger partial charge in [0.15, 0.2) is 0 Å². The maximum absolute atomic E-state index is 11.8. The average Bonchev–Trinajstić information content (AvgIpc) is 2.89. The molecule has 1 aliphatic carbocycles. The van der Waals surface area contributed by atoms with E-state index in [4.69, 9.17) is 0 Å². The Labute approximate surface area is 132 Å². The first kappa shape index (κ1) is 13.7. The van der Waals surface area contributed by atoms with Crippen LogP contribution in [0.5, 0.6) is 0 Å². The van der Waals surface area contributed by atoms with E-state index in [0.717, 1.165) is 28.8 Å². The van der Waals surface area contributed by atoms with Gasteiger partial charge in [-0.2, -0.15) is 0 Å². The SMILES string of the molecule is O=C1CCC2=C(N1)c1ccccc1C2c1ccc([N+](=O)[O-])cc1. The van der Waals surface area contributed by atoms with Gasteiger partial charge in [0.2, 0.25) is 5.91 Å². The third-order valence-electron chi connectivity index (χ3n) is 4.53. The van der Waals surface area contributed by atoms with Crippen molar-refractivity contribution in [3.63, 3.8) is 0 Å². The average molecular weight is 306 g/mol. The number of carbonyl (C=O) groups is 1. The number of nitro benzene ring substituents is 1. The fraction of sp³-hybridized carbons (Fsp3) is 0.167. The Morgan fingerprint density at radius 3 is 2.52 bits per heavy atom. The van der Waals surface area contributed by atoms with Crippen LogP contribution < -0.4 is 5.32 Å². The van der Waals surface area contributed by atoms with Crippen molar-refractivity contribution in [1.29, 1.82) is 0 Å². The first-order valence-corrected chi connectivity index (χ1v) is 7.51. The van der Waals surface area contributed by atoms with Crippen LogP contribution in [-0.2, 0) is 4.79 Å². The molecule has 4 rings (SSSR count). The number of allylic oxidation sites excluding steroid dienone is 1. The molecule has 1 aliphatic heterocycles. The summed E-state index contributed by atoms with van der Waals surface area (Å²) in [5, 5.41) is 13.8. The minimum absolute atomic E-state index is 0.0444. The summed E-state index contributed by atoms with van der Waals surface area (Å²) in [6.45, 7) is 0. The molecule has 1 unspecified atom stereocenters. The number of hydrogen-bond acceptors (Lipinski definition) is 3. The van der Waals surface area contributed by atoms with Gasteiger partial charge in [0, 0.05) is 35.7 Å². The third-order valence-corrected chi connectivity index (χ3v) is 4.53. The van der Waals surface area contributed by atoms with Gasteiger partial charge in [-0.05, 0) is 23.1 Å². The monoisotopic (exact) mass is 306 g/mol. The molecule has 0 fully saturated rings. The summed E-state index contributed by atoms with van der Waals surface area (Å²) >= 11 is 0. The quantitative estimate of drug-likeness (QED) is 0.683. The summed E-state index contributed by atoms with van der Waals surface area (Å²) < 4.78 is 0. The van der Waals surface area contributed by atoms with Gasteiger partial charge in [-0.25, -0.2) is 0 Å². The van der Waals surface area contributed by atoms with E-state index in [9.17, 15) is 14.9 Å². The summed E-state index contributed by atoms with van der Waals surface area (Å²) in [6.07, 6.45) is 1.20. The Kier molecular flexibility index (Phi) is 3.01. The van der Waals surface area contributed by atoms with Crippen LogP contribution in [0, 0.1) is 10.1 Å². The molecular weight excluding hydrogens is 292 g/mol. The summed E-state index contributed by atoms with van der Waals surface area (Å²) in [4.78, 5) is 22.2. The van der Waals surface area contributed by atoms with Crippen LogP contribution in [0.2, 0.25) is 0 Å². The number of fused-ring (bicyclic) bond motifs is 2. The molecule has 0 saturated carbocycles. The van der Waals surface area contributed by atoms with Gasteiger partial charge in [0.1, 0.15) is 0 Å². The van der Waals surface area contributed by atoms with Crippen molar-refractivity contribution in [2.75, 3.05) is 0 Å². The zero-order chi connectivity index (χ0) is 16.0. The smallest absolute Gasteiger partial charge is 0.269 e. The summed E-state index contributed by atoms with van der Waals surface area (Å²) in [5.74, 6) is 0.102. The van der Waals surface area contributed by atoms with E-state index in [1.165, 1.54) is 17.7 Å². The van der Waals surface area contributed by atoms with Gasteiger partial charge >= 0.3 is 0 Å². The fourth-order valence-corrected chi connectivity index (χ4v) is 3.52. The molecule has 1 N–H and O–H groups in total. The molecule has 0 saturated heterocycles. The lowest BCUT2D eigenvalue weighted by Crippen LogP contribution is -2.26. The maximum atomic E-state index is 11.8. The molecule has 5 nitrogen and oxygen atoms in total. The molecule has 1 atom stereocenters. The van der Waals surface area contributed by atoms with E-state index in [0.29, 0.717) is 6.42 Å². The fourth-order valence-electron chi connectivity index (χ4n) is 3.52. The number of nitro groups is 1. The van der Waals surface area contributed by atoms with Gasteiger partial charge in [0.25, 0.3) is 5.69 Å². The first-order valence-electron chi connectivity index (χ1n) is 7.51. The number of rotatable bonds is 2. The number of benzene rings is 2. The summed E-state index contributed by atoms with van der Waals surface area (Å²) in [7, 11) is 0. The summed E-state index contributed by atoms with van der Waals surface area (Å²) in [5.41, 5.74) is 5.42. The van der Waals surface area contributed by atoms with Crippen molar-refractivity contribution in [2.24, 2.45) is 0 Å². The molecule has 0 radical (unpaired) electrons. The predicted octanol–water partition coefficient (Wildman–Crippen LogP) is 3.36. The Morgan fingerprint density at radius 2 is 1.78 bits per heavy atom. The van der Waals surface area contributed by atoms with Crippen molar-refractivity contribution < 1.29 is 9.72 Å². The molecule has 5 heteroatoms. The molecule has 0 bridgehead atoms. The van der Waals surface area contributed by atoms with Gasteiger partial charge < -0.3 is 5.32 Å². The van der Waals surface area contributed by atoms with E-state index < -0.39 is 4.92 Å². The van der Waals surface area contributed by atoms with Crippen molar-refractivity contribution in [3.05, 3.63) is 80.9 Å². The lowest BCUT2D eigenvalue weighted by molar-refractivity contribution is -0.384. The normalized spacial score (nSPS) is 19.1. The van der Waals surface area contributed by atoms with Crippen LogP contribution in [0.25, 0.3) is 5.70 Å². The second-order valence-electron chi connectivity index (χ2n) is 5.82. The van der Waals surface area contributed by atoms with Crippen molar-refractivity contribution >= 4 is 17.3 Å². The number of carbonyl (C=O) groups excluding carboxylic acids is 1. The lowest BCUT2D eigenvalue weighted by atomic mass is 9.86. The summed E-state index contributed by atoms with van der Waals surface area (Å²) in [6, 6.07) is 14.7. The van der Waals surface area contributed by atoms with Crippen LogP contribution in [-0.4, -0.2) is 10.8 Å². The third kappa shape index (κ3) is 2.12. The van der Waals surface area contributed by atoms with Crippen LogP contribution in [0.4, 0.5) is 5.69 Å². The highest BCUT2D eigenvalue weighted by molar-refractivity contribution is 5.94. The predicted molar refractivity (Wildman–Crippen MR) is 85.7 cm³/mol. The molecule has 23 heavy (non-hydrogen) atoms. The Balaban J connectivity index is 1.84. The number of non-ortho nitro benzene ring substituents is 1. The highest BCUT2D eigenvalue weighted by Crippen LogP contribution is 2.47. The first-order chi connectivity index (χ1) is 11.1. The van der Waals surface area contributed by atoms with Crippen molar-refractivity contribution in [2.45, 2.75) is 18.8 Å². The number of nitrogens with zero attached hydrogens (tertiary/aromatic N) is 1. The molecule has 1 heterocycles. The van der Waals surface area contributed by atoms with Crippen molar-refractivity contribution in [1.82, 2.24) is 5.32 Å². The zero-order valence-corrected chi connectivity index (χ0v) is 12.3. The van der Waals surface area contributed by atoms with Crippen LogP contribution in [0.1, 0.15) is 35.4 Å². The van der Waals surface area contributed by atoms with E-state index in [1.54, 1.807) is 0 Å². The maximum Gasteiger partial charge on any atom is 0.269 e. The van der Waals surface area contributed by atoms with E-state index >= 15 is 0 Å². The van der Waals surface area contributed by atoms with Crippen molar-refractivity contribution in [3.8, 4) is 0 Å². The van der Waals surface area contributed by atoms with Crippen LogP contribution in [0.15, 0.2) is 54.1 Å². The van der Waals surface area contributed by atoms with E-state index in [2.05, 4.69) is 11.4 Å². The second kappa shape index (κ2) is 5.05. The molecule has 2 aromatic rings. The topological polar surface area (TPSA) is 72.2 Å². The lowest BCUT2D eigenvalue weighted by Gasteiger charge is -2.20. The molecule has 2 aliphatic rings. The van der Waals surface area contributed by atoms with Crippen LogP contribution in [0.3, 0.4) is 0 Å². The molecule has 0 aromatic heterocycles. The standard InChI is InChI=1S/C18H14N2O3/c21-16-10-9-15-17(11-5-7-12(8-6-11)20(22)23)13-3-1-2-4-14(13)18(15)19-16/h1-8,17H,9-10H2,(H,19,21). The molecule has 2 aromatic carbocycles. The Hall–Kier alpha value is -2.95. The molecule has 1 amide bonds. The Morgan fingerprint density at radius 1 is 1.04 bits per heavy atom. The van der Waals surface area contributed by atoms with Gasteiger partial charge in [-0.3, -0.25) is 14.9 Å². The minimum atomic E-state index is -0.391. The van der Waals surface area contributed by atoms with E-state index in [1.807, 2.05) is 30.3 Å². The molecule has 114 valence electrons. The zero-order valence-electron chi connectivity index (χ0n) is 12.3. The van der Waals surface area contributed by atoms with Gasteiger partial charge in [-0.1, -0.05) is 36.4 Å². The van der Waals surface area contributed by atoms with E-state index in [-0.39, 0.29) is 17.5 Å². The molecular formula is C18H14N2O3. The second-order valence-corrected chi connectivity index (χ2v) is 5.82. The van der Waals surface area contributed by atoms with Gasteiger partial charge in [0.05, 0.1) is 4.92 Å². The highest BCUT2D eigenvalue weighted by atomic mass is 16.6. The number of hydrogen-bond donors (Lipinski definition) is 1. The molecule has 0 spiro atoms. The Bertz CT molecular complexity index is 853. The minimum Gasteiger partial charge on any atom is -0.326 e.